The second kappa shape index (κ2) is 6.44. The molecule has 1 fully saturated rings. The smallest absolute Gasteiger partial charge is 0.423 e. The van der Waals surface area contributed by atoms with Gasteiger partial charge >= 0.3 is 7.12 Å². The molecule has 0 radical (unpaired) electrons. The summed E-state index contributed by atoms with van der Waals surface area (Å²) in [6.07, 6.45) is 3.67. The van der Waals surface area contributed by atoms with E-state index in [-0.39, 0.29) is 11.0 Å². The largest absolute Gasteiger partial charge is 0.491 e. The SMILES string of the molecule is CN(Cc1ccc(F)c(B(O)O)c1)CC1(N(C)C)CCC1. The van der Waals surface area contributed by atoms with Crippen LogP contribution in [0.4, 0.5) is 4.39 Å². The Balaban J connectivity index is 2.03. The number of benzene rings is 1. The average Bonchev–Trinajstić information content (AvgIpc) is 2.35. The van der Waals surface area contributed by atoms with Crippen molar-refractivity contribution >= 4 is 12.6 Å². The lowest BCUT2D eigenvalue weighted by Gasteiger charge is -2.49. The molecule has 21 heavy (non-hydrogen) atoms. The summed E-state index contributed by atoms with van der Waals surface area (Å²) in [7, 11) is 4.51. The van der Waals surface area contributed by atoms with Gasteiger partial charge in [-0.2, -0.15) is 0 Å². The van der Waals surface area contributed by atoms with E-state index in [0.29, 0.717) is 6.54 Å². The highest BCUT2D eigenvalue weighted by Crippen LogP contribution is 2.36. The van der Waals surface area contributed by atoms with E-state index in [9.17, 15) is 4.39 Å². The van der Waals surface area contributed by atoms with E-state index in [0.717, 1.165) is 12.1 Å². The van der Waals surface area contributed by atoms with Crippen molar-refractivity contribution in [2.75, 3.05) is 27.7 Å². The fourth-order valence-corrected chi connectivity index (χ4v) is 3.09. The number of rotatable bonds is 6. The van der Waals surface area contributed by atoms with E-state index in [1.165, 1.54) is 31.4 Å². The second-order valence-electron chi connectivity index (χ2n) is 6.37. The van der Waals surface area contributed by atoms with Crippen LogP contribution in [0.2, 0.25) is 0 Å². The fourth-order valence-electron chi connectivity index (χ4n) is 3.09. The third-order valence-electron chi connectivity index (χ3n) is 4.59. The van der Waals surface area contributed by atoms with Gasteiger partial charge in [-0.15, -0.1) is 0 Å². The van der Waals surface area contributed by atoms with E-state index < -0.39 is 12.9 Å². The van der Waals surface area contributed by atoms with Crippen molar-refractivity contribution in [1.82, 2.24) is 9.80 Å². The highest BCUT2D eigenvalue weighted by atomic mass is 19.1. The molecule has 2 N–H and O–H groups in total. The van der Waals surface area contributed by atoms with Gasteiger partial charge in [0.1, 0.15) is 5.82 Å². The Morgan fingerprint density at radius 3 is 2.38 bits per heavy atom. The molecule has 2 rings (SSSR count). The van der Waals surface area contributed by atoms with Gasteiger partial charge in [0, 0.05) is 24.1 Å². The zero-order valence-corrected chi connectivity index (χ0v) is 13.0. The van der Waals surface area contributed by atoms with Gasteiger partial charge in [-0.25, -0.2) is 4.39 Å². The first-order valence-corrected chi connectivity index (χ1v) is 7.34. The molecule has 0 saturated heterocycles. The van der Waals surface area contributed by atoms with E-state index >= 15 is 0 Å². The Bertz CT molecular complexity index is 493. The minimum Gasteiger partial charge on any atom is -0.423 e. The molecule has 0 bridgehead atoms. The van der Waals surface area contributed by atoms with E-state index in [4.69, 9.17) is 10.0 Å². The van der Waals surface area contributed by atoms with Gasteiger partial charge in [0.15, 0.2) is 0 Å². The fraction of sp³-hybridized carbons (Fsp3) is 0.600. The zero-order valence-electron chi connectivity index (χ0n) is 13.0. The third-order valence-corrected chi connectivity index (χ3v) is 4.59. The Hall–Kier alpha value is -0.945. The molecule has 0 aliphatic heterocycles. The predicted molar refractivity (Wildman–Crippen MR) is 82.8 cm³/mol. The van der Waals surface area contributed by atoms with Crippen molar-refractivity contribution in [1.29, 1.82) is 0 Å². The van der Waals surface area contributed by atoms with E-state index in [1.54, 1.807) is 6.07 Å². The molecule has 1 aromatic rings. The normalized spacial score (nSPS) is 17.1. The quantitative estimate of drug-likeness (QED) is 0.747. The molecule has 0 unspecified atom stereocenters. The lowest BCUT2D eigenvalue weighted by molar-refractivity contribution is 0.0259. The van der Waals surface area contributed by atoms with E-state index in [2.05, 4.69) is 23.9 Å². The monoisotopic (exact) mass is 294 g/mol. The molecule has 1 aromatic carbocycles. The number of nitrogens with zero attached hydrogens (tertiary/aromatic N) is 2. The van der Waals surface area contributed by atoms with Crippen LogP contribution >= 0.6 is 0 Å². The first-order chi connectivity index (χ1) is 9.84. The summed E-state index contributed by atoms with van der Waals surface area (Å²) in [5.41, 5.74) is 1.07. The van der Waals surface area contributed by atoms with Crippen LogP contribution in [0.25, 0.3) is 0 Å². The predicted octanol–water partition coefficient (Wildman–Crippen LogP) is 0.422. The van der Waals surface area contributed by atoms with Crippen molar-refractivity contribution in [3.8, 4) is 0 Å². The maximum Gasteiger partial charge on any atom is 0.491 e. The average molecular weight is 294 g/mol. The molecule has 6 heteroatoms. The van der Waals surface area contributed by atoms with Crippen LogP contribution < -0.4 is 5.46 Å². The van der Waals surface area contributed by atoms with Crippen molar-refractivity contribution in [3.05, 3.63) is 29.6 Å². The molecule has 1 aliphatic carbocycles. The maximum atomic E-state index is 13.5. The summed E-state index contributed by atoms with van der Waals surface area (Å²) in [6, 6.07) is 4.52. The van der Waals surface area contributed by atoms with Gasteiger partial charge in [0.25, 0.3) is 0 Å². The van der Waals surface area contributed by atoms with Crippen molar-refractivity contribution in [3.63, 3.8) is 0 Å². The van der Waals surface area contributed by atoms with Gasteiger partial charge in [0.2, 0.25) is 0 Å². The van der Waals surface area contributed by atoms with Crippen molar-refractivity contribution < 1.29 is 14.4 Å². The Labute approximate surface area is 126 Å². The Kier molecular flexibility index (Phi) is 5.04. The summed E-state index contributed by atoms with van der Waals surface area (Å²) < 4.78 is 13.5. The minimum absolute atomic E-state index is 0.0631. The summed E-state index contributed by atoms with van der Waals surface area (Å²) in [5, 5.41) is 18.3. The third kappa shape index (κ3) is 3.63. The molecular weight excluding hydrogens is 270 g/mol. The van der Waals surface area contributed by atoms with Gasteiger partial charge in [-0.3, -0.25) is 0 Å². The van der Waals surface area contributed by atoms with Crippen LogP contribution in [0, 0.1) is 5.82 Å². The molecule has 0 atom stereocenters. The highest BCUT2D eigenvalue weighted by Gasteiger charge is 2.39. The minimum atomic E-state index is -1.77. The van der Waals surface area contributed by atoms with Crippen LogP contribution in [0.5, 0.6) is 0 Å². The number of likely N-dealkylation sites (N-methyl/N-ethyl adjacent to an activating group) is 2. The van der Waals surface area contributed by atoms with Gasteiger partial charge in [-0.1, -0.05) is 12.1 Å². The number of hydrogen-bond acceptors (Lipinski definition) is 4. The lowest BCUT2D eigenvalue weighted by atomic mass is 9.75. The molecule has 0 heterocycles. The van der Waals surface area contributed by atoms with Gasteiger partial charge in [0.05, 0.1) is 0 Å². The van der Waals surface area contributed by atoms with Crippen molar-refractivity contribution in [2.24, 2.45) is 0 Å². The molecule has 1 saturated carbocycles. The molecule has 0 aromatic heterocycles. The summed E-state index contributed by atoms with van der Waals surface area (Å²) in [5.74, 6) is -0.583. The Morgan fingerprint density at radius 2 is 1.90 bits per heavy atom. The standard InChI is InChI=1S/C15H24BFN2O2/c1-18(2)15(7-4-8-15)11-19(3)10-12-5-6-14(17)13(9-12)16(20)21/h5-6,9,20-21H,4,7-8,10-11H2,1-3H3. The van der Waals surface area contributed by atoms with Gasteiger partial charge < -0.3 is 19.8 Å². The molecule has 4 nitrogen and oxygen atoms in total. The molecule has 116 valence electrons. The van der Waals surface area contributed by atoms with Crippen LogP contribution in [0.15, 0.2) is 18.2 Å². The lowest BCUT2D eigenvalue weighted by Crippen LogP contribution is -2.56. The Morgan fingerprint density at radius 1 is 1.24 bits per heavy atom. The first-order valence-electron chi connectivity index (χ1n) is 7.34. The summed E-state index contributed by atoms with van der Waals surface area (Å²) >= 11 is 0. The number of halogens is 1. The molecule has 0 spiro atoms. The van der Waals surface area contributed by atoms with Crippen LogP contribution in [0.3, 0.4) is 0 Å². The summed E-state index contributed by atoms with van der Waals surface area (Å²) in [4.78, 5) is 4.50. The maximum absolute atomic E-state index is 13.5. The van der Waals surface area contributed by atoms with Gasteiger partial charge in [-0.05, 0) is 52.0 Å². The van der Waals surface area contributed by atoms with Crippen LogP contribution in [-0.2, 0) is 6.54 Å². The molecular formula is C15H24BFN2O2. The van der Waals surface area contributed by atoms with Crippen LogP contribution in [-0.4, -0.2) is 60.2 Å². The number of hydrogen-bond donors (Lipinski definition) is 2. The van der Waals surface area contributed by atoms with Crippen LogP contribution in [0.1, 0.15) is 24.8 Å². The molecule has 0 amide bonds. The summed E-state index contributed by atoms with van der Waals surface area (Å²) in [6.45, 7) is 1.62. The zero-order chi connectivity index (χ0) is 15.6. The van der Waals surface area contributed by atoms with E-state index in [1.807, 2.05) is 7.05 Å². The highest BCUT2D eigenvalue weighted by molar-refractivity contribution is 6.58. The first kappa shape index (κ1) is 16.4. The second-order valence-corrected chi connectivity index (χ2v) is 6.37. The van der Waals surface area contributed by atoms with Crippen molar-refractivity contribution in [2.45, 2.75) is 31.3 Å². The molecule has 1 aliphatic rings. The topological polar surface area (TPSA) is 46.9 Å².